The van der Waals surface area contributed by atoms with Gasteiger partial charge in [0, 0.05) is 5.56 Å². The first-order chi connectivity index (χ1) is 11.1. The summed E-state index contributed by atoms with van der Waals surface area (Å²) in [5, 5.41) is 21.3. The largest absolute Gasteiger partial charge is 0.497 e. The number of fused-ring (bicyclic) bond motifs is 1. The number of aromatic nitrogens is 3. The van der Waals surface area contributed by atoms with Crippen molar-refractivity contribution in [3.05, 3.63) is 51.0 Å². The molecule has 3 aromatic rings. The summed E-state index contributed by atoms with van der Waals surface area (Å²) >= 11 is 5.78. The molecule has 23 heavy (non-hydrogen) atoms. The van der Waals surface area contributed by atoms with E-state index in [9.17, 15) is 15.3 Å². The lowest BCUT2D eigenvalue weighted by molar-refractivity contribution is 0.415. The molecule has 7 nitrogen and oxygen atoms in total. The van der Waals surface area contributed by atoms with Crippen LogP contribution in [-0.2, 0) is 0 Å². The van der Waals surface area contributed by atoms with Gasteiger partial charge in [0.25, 0.3) is 5.56 Å². The molecule has 2 aromatic heterocycles. The second-order valence-corrected chi connectivity index (χ2v) is 4.91. The Labute approximate surface area is 134 Å². The second kappa shape index (κ2) is 5.48. The molecule has 0 bridgehead atoms. The summed E-state index contributed by atoms with van der Waals surface area (Å²) in [5.41, 5.74) is 0.154. The third-order valence-corrected chi connectivity index (χ3v) is 3.53. The van der Waals surface area contributed by atoms with Crippen molar-refractivity contribution >= 4 is 17.2 Å². The molecule has 0 atom stereocenters. The topological polar surface area (TPSA) is 107 Å². The van der Waals surface area contributed by atoms with Gasteiger partial charge < -0.3 is 4.74 Å². The first-order valence-electron chi connectivity index (χ1n) is 6.39. The van der Waals surface area contributed by atoms with Gasteiger partial charge in [0.05, 0.1) is 7.11 Å². The van der Waals surface area contributed by atoms with E-state index in [2.05, 4.69) is 10.1 Å². The van der Waals surface area contributed by atoms with Gasteiger partial charge in [-0.25, -0.2) is 0 Å². The van der Waals surface area contributed by atoms with Crippen LogP contribution in [0.3, 0.4) is 0 Å². The molecule has 2 heterocycles. The number of aromatic amines is 1. The highest BCUT2D eigenvalue weighted by atomic mass is 35.5. The number of nitrogens with zero attached hydrogens (tertiary/aromatic N) is 4. The smallest absolute Gasteiger partial charge is 0.289 e. The quantitative estimate of drug-likeness (QED) is 0.776. The van der Waals surface area contributed by atoms with Crippen LogP contribution in [0.4, 0.5) is 0 Å². The van der Waals surface area contributed by atoms with Crippen molar-refractivity contribution in [2.24, 2.45) is 0 Å². The van der Waals surface area contributed by atoms with Gasteiger partial charge in [0.15, 0.2) is 5.65 Å². The summed E-state index contributed by atoms with van der Waals surface area (Å²) in [6, 6.07) is 10.5. The molecule has 0 saturated heterocycles. The SMILES string of the molecule is COc1ccc(-c2c(C#N)c(=O)n3[nH]c(Cl)nc3c2C#N)cc1. The number of rotatable bonds is 2. The highest BCUT2D eigenvalue weighted by Crippen LogP contribution is 2.29. The van der Waals surface area contributed by atoms with E-state index in [0.717, 1.165) is 4.52 Å². The van der Waals surface area contributed by atoms with Crippen LogP contribution < -0.4 is 10.3 Å². The minimum absolute atomic E-state index is 0.0469. The standard InChI is InChI=1S/C15H8ClN5O2/c1-23-9-4-2-8(3-5-9)12-10(6-17)13-19-15(16)20-21(13)14(22)11(12)7-18/h2-5H,1H3,(H,19,20). The van der Waals surface area contributed by atoms with Gasteiger partial charge in [-0.3, -0.25) is 9.89 Å². The van der Waals surface area contributed by atoms with Crippen molar-refractivity contribution in [3.8, 4) is 29.0 Å². The lowest BCUT2D eigenvalue weighted by atomic mass is 9.97. The van der Waals surface area contributed by atoms with Crippen molar-refractivity contribution < 1.29 is 4.74 Å². The zero-order chi connectivity index (χ0) is 16.6. The zero-order valence-corrected chi connectivity index (χ0v) is 12.5. The van der Waals surface area contributed by atoms with E-state index in [0.29, 0.717) is 11.3 Å². The van der Waals surface area contributed by atoms with Gasteiger partial charge in [-0.05, 0) is 29.3 Å². The normalized spacial score (nSPS) is 10.3. The van der Waals surface area contributed by atoms with Gasteiger partial charge in [-0.1, -0.05) is 12.1 Å². The predicted octanol–water partition coefficient (Wildman–Crippen LogP) is 2.09. The van der Waals surface area contributed by atoms with Crippen molar-refractivity contribution in [1.82, 2.24) is 14.6 Å². The van der Waals surface area contributed by atoms with E-state index in [-0.39, 0.29) is 27.6 Å². The highest BCUT2D eigenvalue weighted by Gasteiger charge is 2.21. The summed E-state index contributed by atoms with van der Waals surface area (Å²) < 4.78 is 6.08. The van der Waals surface area contributed by atoms with E-state index >= 15 is 0 Å². The highest BCUT2D eigenvalue weighted by molar-refractivity contribution is 6.28. The summed E-state index contributed by atoms with van der Waals surface area (Å²) in [6.07, 6.45) is 0. The van der Waals surface area contributed by atoms with Gasteiger partial charge in [0.1, 0.15) is 29.0 Å². The molecule has 0 amide bonds. The molecule has 1 N–H and O–H groups in total. The Morgan fingerprint density at radius 2 is 1.87 bits per heavy atom. The van der Waals surface area contributed by atoms with Gasteiger partial charge in [0.2, 0.25) is 5.28 Å². The number of ether oxygens (including phenoxy) is 1. The lowest BCUT2D eigenvalue weighted by Gasteiger charge is -2.08. The number of benzene rings is 1. The van der Waals surface area contributed by atoms with E-state index in [1.807, 2.05) is 12.1 Å². The van der Waals surface area contributed by atoms with Gasteiger partial charge >= 0.3 is 0 Å². The van der Waals surface area contributed by atoms with E-state index in [1.54, 1.807) is 24.3 Å². The Hall–Kier alpha value is -3.29. The first-order valence-corrected chi connectivity index (χ1v) is 6.77. The molecule has 0 fully saturated rings. The monoisotopic (exact) mass is 325 g/mol. The first kappa shape index (κ1) is 14.6. The van der Waals surface area contributed by atoms with Gasteiger partial charge in [-0.2, -0.15) is 20.0 Å². The van der Waals surface area contributed by atoms with Crippen LogP contribution in [0.25, 0.3) is 16.8 Å². The van der Waals surface area contributed by atoms with E-state index < -0.39 is 5.56 Å². The van der Waals surface area contributed by atoms with Crippen LogP contribution in [-0.4, -0.2) is 21.7 Å². The Morgan fingerprint density at radius 3 is 2.43 bits per heavy atom. The lowest BCUT2D eigenvalue weighted by Crippen LogP contribution is -2.20. The number of methoxy groups -OCH3 is 1. The molecular formula is C15H8ClN5O2. The molecule has 0 aliphatic rings. The molecule has 3 rings (SSSR count). The van der Waals surface area contributed by atoms with Crippen molar-refractivity contribution in [2.45, 2.75) is 0 Å². The number of pyridine rings is 1. The Bertz CT molecular complexity index is 1050. The third kappa shape index (κ3) is 2.20. The molecule has 0 aliphatic heterocycles. The third-order valence-electron chi connectivity index (χ3n) is 3.36. The van der Waals surface area contributed by atoms with Gasteiger partial charge in [-0.15, -0.1) is 0 Å². The fourth-order valence-corrected chi connectivity index (χ4v) is 2.50. The zero-order valence-electron chi connectivity index (χ0n) is 11.8. The maximum atomic E-state index is 12.4. The van der Waals surface area contributed by atoms with Crippen LogP contribution in [0, 0.1) is 22.7 Å². The summed E-state index contributed by atoms with van der Waals surface area (Å²) in [4.78, 5) is 16.4. The number of nitriles is 2. The molecule has 0 unspecified atom stereocenters. The minimum atomic E-state index is -0.619. The molecule has 0 radical (unpaired) electrons. The van der Waals surface area contributed by atoms with Crippen LogP contribution >= 0.6 is 11.6 Å². The van der Waals surface area contributed by atoms with Crippen LogP contribution in [0.5, 0.6) is 5.75 Å². The summed E-state index contributed by atoms with van der Waals surface area (Å²) in [6.45, 7) is 0. The van der Waals surface area contributed by atoms with Crippen LogP contribution in [0.1, 0.15) is 11.1 Å². The van der Waals surface area contributed by atoms with Crippen molar-refractivity contribution in [1.29, 1.82) is 10.5 Å². The molecule has 0 aliphatic carbocycles. The summed E-state index contributed by atoms with van der Waals surface area (Å²) in [5.74, 6) is 0.617. The number of nitrogens with one attached hydrogen (secondary N) is 1. The maximum Gasteiger partial charge on any atom is 0.289 e. The average molecular weight is 326 g/mol. The Morgan fingerprint density at radius 1 is 1.22 bits per heavy atom. The van der Waals surface area contributed by atoms with Crippen LogP contribution in [0.2, 0.25) is 5.28 Å². The predicted molar refractivity (Wildman–Crippen MR) is 82.2 cm³/mol. The van der Waals surface area contributed by atoms with E-state index in [4.69, 9.17) is 16.3 Å². The fourth-order valence-electron chi connectivity index (χ4n) is 2.34. The molecule has 112 valence electrons. The molecular weight excluding hydrogens is 318 g/mol. The van der Waals surface area contributed by atoms with Crippen molar-refractivity contribution in [3.63, 3.8) is 0 Å². The summed E-state index contributed by atoms with van der Waals surface area (Å²) in [7, 11) is 1.53. The second-order valence-electron chi connectivity index (χ2n) is 4.56. The Balaban J connectivity index is 2.45. The maximum absolute atomic E-state index is 12.4. The molecule has 0 spiro atoms. The molecule has 1 aromatic carbocycles. The number of H-pyrrole nitrogens is 1. The van der Waals surface area contributed by atoms with Crippen molar-refractivity contribution in [2.75, 3.05) is 7.11 Å². The number of halogens is 1. The fraction of sp³-hybridized carbons (Fsp3) is 0.0667. The number of hydrogen-bond acceptors (Lipinski definition) is 5. The average Bonchev–Trinajstić information content (AvgIpc) is 2.96. The van der Waals surface area contributed by atoms with Crippen LogP contribution in [0.15, 0.2) is 29.1 Å². The number of hydrogen-bond donors (Lipinski definition) is 1. The Kier molecular flexibility index (Phi) is 3.49. The minimum Gasteiger partial charge on any atom is -0.497 e. The molecule has 0 saturated carbocycles. The van der Waals surface area contributed by atoms with E-state index in [1.165, 1.54) is 7.11 Å². The molecule has 8 heteroatoms.